The van der Waals surface area contributed by atoms with E-state index in [0.717, 1.165) is 86.0 Å². The number of aromatic nitrogens is 1. The first-order valence-electron chi connectivity index (χ1n) is 11.7. The molecule has 2 N–H and O–H groups in total. The van der Waals surface area contributed by atoms with Gasteiger partial charge in [-0.3, -0.25) is 9.69 Å². The molecule has 0 radical (unpaired) electrons. The first kappa shape index (κ1) is 23.0. The molecule has 32 heavy (non-hydrogen) atoms. The number of pyridine rings is 1. The minimum atomic E-state index is -0.0659. The van der Waals surface area contributed by atoms with E-state index in [1.54, 1.807) is 7.11 Å². The second-order valence-corrected chi connectivity index (χ2v) is 9.07. The monoisotopic (exact) mass is 458 g/mol. The Morgan fingerprint density at radius 3 is 2.81 bits per heavy atom. The number of hydrogen-bond acceptors (Lipinski definition) is 5. The van der Waals surface area contributed by atoms with Gasteiger partial charge in [-0.05, 0) is 61.6 Å². The van der Waals surface area contributed by atoms with Crippen LogP contribution in [0.2, 0.25) is 0 Å². The van der Waals surface area contributed by atoms with Crippen molar-refractivity contribution in [1.82, 2.24) is 20.1 Å². The first-order chi connectivity index (χ1) is 15.6. The highest BCUT2D eigenvalue weighted by atomic mass is 32.1. The Labute approximate surface area is 195 Å². The summed E-state index contributed by atoms with van der Waals surface area (Å²) in [5.74, 6) is 0.732. The summed E-state index contributed by atoms with van der Waals surface area (Å²) in [7, 11) is 1.63. The van der Waals surface area contributed by atoms with E-state index in [4.69, 9.17) is 21.7 Å². The van der Waals surface area contributed by atoms with Gasteiger partial charge in [0.15, 0.2) is 5.11 Å². The number of H-pyrrole nitrogens is 1. The molecule has 8 heteroatoms. The summed E-state index contributed by atoms with van der Waals surface area (Å²) in [6.45, 7) is 6.09. The number of aromatic amines is 1. The maximum absolute atomic E-state index is 12.8. The van der Waals surface area contributed by atoms with Gasteiger partial charge in [0.25, 0.3) is 5.56 Å². The molecule has 0 bridgehead atoms. The molecule has 2 fully saturated rings. The highest BCUT2D eigenvalue weighted by Gasteiger charge is 2.25. The number of nitrogens with one attached hydrogen (secondary N) is 2. The molecule has 1 saturated carbocycles. The van der Waals surface area contributed by atoms with Crippen molar-refractivity contribution < 1.29 is 9.47 Å². The molecule has 0 atom stereocenters. The van der Waals surface area contributed by atoms with Gasteiger partial charge < -0.3 is 24.7 Å². The van der Waals surface area contributed by atoms with E-state index in [0.29, 0.717) is 12.6 Å². The summed E-state index contributed by atoms with van der Waals surface area (Å²) in [5.41, 5.74) is 1.46. The number of nitrogens with zero attached hydrogens (tertiary/aromatic N) is 2. The second-order valence-electron chi connectivity index (χ2n) is 8.68. The molecule has 2 aliphatic rings. The van der Waals surface area contributed by atoms with Crippen molar-refractivity contribution in [2.24, 2.45) is 0 Å². The van der Waals surface area contributed by atoms with E-state index in [9.17, 15) is 4.79 Å². The van der Waals surface area contributed by atoms with Gasteiger partial charge in [0.05, 0.1) is 32.4 Å². The van der Waals surface area contributed by atoms with E-state index in [2.05, 4.69) is 20.1 Å². The summed E-state index contributed by atoms with van der Waals surface area (Å²) < 4.78 is 10.7. The average molecular weight is 459 g/mol. The zero-order chi connectivity index (χ0) is 22.3. The normalized spacial score (nSPS) is 17.5. The van der Waals surface area contributed by atoms with E-state index in [1.165, 1.54) is 12.8 Å². The lowest BCUT2D eigenvalue weighted by Gasteiger charge is -2.32. The number of ether oxygens (including phenoxy) is 2. The topological polar surface area (TPSA) is 69.8 Å². The number of morpholine rings is 1. The zero-order valence-corrected chi connectivity index (χ0v) is 19.7. The van der Waals surface area contributed by atoms with E-state index >= 15 is 0 Å². The van der Waals surface area contributed by atoms with Crippen molar-refractivity contribution in [2.75, 3.05) is 46.5 Å². The first-order valence-corrected chi connectivity index (χ1v) is 12.1. The Bertz CT molecular complexity index is 967. The van der Waals surface area contributed by atoms with Crippen LogP contribution in [0.4, 0.5) is 0 Å². The minimum absolute atomic E-state index is 0.0659. The summed E-state index contributed by atoms with van der Waals surface area (Å²) >= 11 is 5.81. The van der Waals surface area contributed by atoms with E-state index < -0.39 is 0 Å². The van der Waals surface area contributed by atoms with Gasteiger partial charge in [-0.2, -0.15) is 0 Å². The summed E-state index contributed by atoms with van der Waals surface area (Å²) in [6, 6.07) is 8.13. The molecule has 0 spiro atoms. The van der Waals surface area contributed by atoms with Gasteiger partial charge in [0.2, 0.25) is 0 Å². The fourth-order valence-electron chi connectivity index (χ4n) is 4.66. The third-order valence-corrected chi connectivity index (χ3v) is 6.91. The number of fused-ring (bicyclic) bond motifs is 1. The van der Waals surface area contributed by atoms with Crippen molar-refractivity contribution in [3.63, 3.8) is 0 Å². The van der Waals surface area contributed by atoms with Crippen molar-refractivity contribution in [3.05, 3.63) is 40.2 Å². The maximum atomic E-state index is 12.8. The van der Waals surface area contributed by atoms with Crippen molar-refractivity contribution in [1.29, 1.82) is 0 Å². The Hall–Kier alpha value is -2.16. The average Bonchev–Trinajstić information content (AvgIpc) is 3.35. The molecule has 7 nitrogen and oxygen atoms in total. The molecule has 0 amide bonds. The molecule has 2 aromatic rings. The molecule has 2 heterocycles. The van der Waals surface area contributed by atoms with Crippen LogP contribution in [0.1, 0.15) is 37.7 Å². The highest BCUT2D eigenvalue weighted by molar-refractivity contribution is 7.80. The van der Waals surface area contributed by atoms with E-state index in [1.807, 2.05) is 24.3 Å². The minimum Gasteiger partial charge on any atom is -0.497 e. The van der Waals surface area contributed by atoms with Crippen LogP contribution in [0, 0.1) is 0 Å². The zero-order valence-electron chi connectivity index (χ0n) is 18.9. The Morgan fingerprint density at radius 1 is 1.28 bits per heavy atom. The van der Waals surface area contributed by atoms with Crippen LogP contribution in [-0.4, -0.2) is 72.4 Å². The molecule has 174 valence electrons. The predicted octanol–water partition coefficient (Wildman–Crippen LogP) is 2.88. The lowest BCUT2D eigenvalue weighted by molar-refractivity contribution is 0.0375. The van der Waals surface area contributed by atoms with Gasteiger partial charge in [-0.25, -0.2) is 0 Å². The van der Waals surface area contributed by atoms with Crippen LogP contribution < -0.4 is 15.6 Å². The molecule has 0 unspecified atom stereocenters. The fraction of sp³-hybridized carbons (Fsp3) is 0.583. The summed E-state index contributed by atoms with van der Waals surface area (Å²) in [5, 5.41) is 5.22. The Kier molecular flexibility index (Phi) is 8.00. The van der Waals surface area contributed by atoms with Crippen molar-refractivity contribution >= 4 is 28.2 Å². The molecular weight excluding hydrogens is 424 g/mol. The van der Waals surface area contributed by atoms with Gasteiger partial charge in [-0.1, -0.05) is 12.8 Å². The number of thiocarbonyl (C=S) groups is 1. The maximum Gasteiger partial charge on any atom is 0.253 e. The molecule has 1 aliphatic carbocycles. The molecular formula is C24H34N4O3S. The van der Waals surface area contributed by atoms with Crippen LogP contribution in [0.25, 0.3) is 10.9 Å². The highest BCUT2D eigenvalue weighted by Crippen LogP contribution is 2.25. The largest absolute Gasteiger partial charge is 0.497 e. The standard InChI is InChI=1S/C24H34N4O3S/c1-30-21-8-7-18-15-19(23(29)26-22(18)16-21)17-28(20-5-2-3-6-20)24(32)25-9-4-10-27-11-13-31-14-12-27/h7-8,15-16,20H,2-6,9-14,17H2,1H3,(H,25,32)(H,26,29). The second kappa shape index (κ2) is 11.1. The molecule has 4 rings (SSSR count). The Morgan fingerprint density at radius 2 is 2.06 bits per heavy atom. The lowest BCUT2D eigenvalue weighted by atomic mass is 10.1. The smallest absolute Gasteiger partial charge is 0.253 e. The fourth-order valence-corrected chi connectivity index (χ4v) is 4.98. The van der Waals surface area contributed by atoms with Crippen LogP contribution in [0.5, 0.6) is 5.75 Å². The SMILES string of the molecule is COc1ccc2cc(CN(C(=S)NCCCN3CCOCC3)C3CCCC3)c(=O)[nH]c2c1. The molecule has 1 aromatic carbocycles. The van der Waals surface area contributed by atoms with Crippen LogP contribution in [0.15, 0.2) is 29.1 Å². The van der Waals surface area contributed by atoms with Gasteiger partial charge >= 0.3 is 0 Å². The lowest BCUT2D eigenvalue weighted by Crippen LogP contribution is -2.46. The number of rotatable bonds is 8. The molecule has 1 aromatic heterocycles. The summed E-state index contributed by atoms with van der Waals surface area (Å²) in [6.07, 6.45) is 5.72. The predicted molar refractivity (Wildman–Crippen MR) is 131 cm³/mol. The van der Waals surface area contributed by atoms with Gasteiger partial charge in [0.1, 0.15) is 5.75 Å². The van der Waals surface area contributed by atoms with Gasteiger partial charge in [-0.15, -0.1) is 0 Å². The number of methoxy groups -OCH3 is 1. The Balaban J connectivity index is 1.41. The third kappa shape index (κ3) is 5.79. The van der Waals surface area contributed by atoms with Crippen LogP contribution in [-0.2, 0) is 11.3 Å². The summed E-state index contributed by atoms with van der Waals surface area (Å²) in [4.78, 5) is 20.5. The number of benzene rings is 1. The third-order valence-electron chi connectivity index (χ3n) is 6.53. The molecule has 1 saturated heterocycles. The molecule has 1 aliphatic heterocycles. The number of hydrogen-bond donors (Lipinski definition) is 2. The quantitative estimate of drug-likeness (QED) is 0.466. The van der Waals surface area contributed by atoms with Crippen LogP contribution in [0.3, 0.4) is 0 Å². The van der Waals surface area contributed by atoms with Gasteiger partial charge in [0, 0.05) is 37.3 Å². The van der Waals surface area contributed by atoms with Crippen molar-refractivity contribution in [2.45, 2.75) is 44.7 Å². The van der Waals surface area contributed by atoms with Crippen molar-refractivity contribution in [3.8, 4) is 5.75 Å². The van der Waals surface area contributed by atoms with E-state index in [-0.39, 0.29) is 5.56 Å². The van der Waals surface area contributed by atoms with Crippen LogP contribution >= 0.6 is 12.2 Å².